The third kappa shape index (κ3) is 3.64. The lowest BCUT2D eigenvalue weighted by molar-refractivity contribution is -0.130. The van der Waals surface area contributed by atoms with E-state index in [1.165, 1.54) is 24.3 Å². The van der Waals surface area contributed by atoms with Crippen LogP contribution in [0.4, 0.5) is 13.6 Å². The van der Waals surface area contributed by atoms with Gasteiger partial charge in [0, 0.05) is 5.56 Å². The van der Waals surface area contributed by atoms with Crippen molar-refractivity contribution in [3.63, 3.8) is 0 Å². The topological polar surface area (TPSA) is 75.7 Å². The number of nitrogens with one attached hydrogen (secondary N) is 1. The highest BCUT2D eigenvalue weighted by Crippen LogP contribution is 2.28. The molecule has 1 N–H and O–H groups in total. The predicted octanol–water partition coefficient (Wildman–Crippen LogP) is 2.94. The van der Waals surface area contributed by atoms with Gasteiger partial charge >= 0.3 is 12.6 Å². The van der Waals surface area contributed by atoms with E-state index in [-0.39, 0.29) is 11.3 Å². The summed E-state index contributed by atoms with van der Waals surface area (Å²) in [4.78, 5) is 38.3. The number of ketones is 1. The first kappa shape index (κ1) is 18.5. The maximum Gasteiger partial charge on any atom is 0.387 e. The molecule has 0 bridgehead atoms. The first-order valence-electron chi connectivity index (χ1n) is 8.09. The molecule has 8 heteroatoms. The van der Waals surface area contributed by atoms with Crippen LogP contribution in [0.5, 0.6) is 5.75 Å². The van der Waals surface area contributed by atoms with Crippen LogP contribution in [0.2, 0.25) is 0 Å². The zero-order chi connectivity index (χ0) is 19.6. The fourth-order valence-corrected chi connectivity index (χ4v) is 2.86. The van der Waals surface area contributed by atoms with Crippen LogP contribution in [-0.2, 0) is 10.3 Å². The van der Waals surface area contributed by atoms with Crippen molar-refractivity contribution in [1.29, 1.82) is 0 Å². The number of nitrogens with zero attached hydrogens (tertiary/aromatic N) is 1. The molecule has 140 valence electrons. The predicted molar refractivity (Wildman–Crippen MR) is 91.4 cm³/mol. The number of alkyl halides is 2. The minimum absolute atomic E-state index is 0.0896. The summed E-state index contributed by atoms with van der Waals surface area (Å²) >= 11 is 0. The number of Topliss-reactive ketones (excluding diaryl/α,β-unsaturated/α-hetero) is 1. The minimum Gasteiger partial charge on any atom is -0.435 e. The number of carbonyl (C=O) groups excluding carboxylic acids is 3. The largest absolute Gasteiger partial charge is 0.435 e. The highest BCUT2D eigenvalue weighted by atomic mass is 19.3. The number of imide groups is 1. The third-order valence-electron chi connectivity index (χ3n) is 4.33. The Kier molecular flexibility index (Phi) is 4.89. The number of benzene rings is 2. The number of carbonyl (C=O) groups is 3. The first-order chi connectivity index (χ1) is 12.8. The summed E-state index contributed by atoms with van der Waals surface area (Å²) < 4.78 is 28.6. The van der Waals surface area contributed by atoms with Gasteiger partial charge in [0.05, 0.1) is 6.54 Å². The van der Waals surface area contributed by atoms with Gasteiger partial charge in [-0.1, -0.05) is 30.3 Å². The quantitative estimate of drug-likeness (QED) is 0.623. The molecule has 0 saturated carbocycles. The second-order valence-electron chi connectivity index (χ2n) is 6.14. The van der Waals surface area contributed by atoms with Gasteiger partial charge in [-0.05, 0) is 36.8 Å². The second kappa shape index (κ2) is 7.14. The van der Waals surface area contributed by atoms with Crippen LogP contribution >= 0.6 is 0 Å². The fraction of sp³-hybridized carbons (Fsp3) is 0.211. The second-order valence-corrected chi connectivity index (χ2v) is 6.14. The minimum atomic E-state index is -2.96. The molecule has 1 aliphatic rings. The monoisotopic (exact) mass is 374 g/mol. The van der Waals surface area contributed by atoms with Crippen molar-refractivity contribution in [2.24, 2.45) is 0 Å². The van der Waals surface area contributed by atoms with Crippen molar-refractivity contribution >= 4 is 17.7 Å². The van der Waals surface area contributed by atoms with E-state index in [9.17, 15) is 23.2 Å². The number of urea groups is 1. The zero-order valence-corrected chi connectivity index (χ0v) is 14.3. The number of ether oxygens (including phenoxy) is 1. The molecule has 0 radical (unpaired) electrons. The lowest BCUT2D eigenvalue weighted by Gasteiger charge is -2.22. The summed E-state index contributed by atoms with van der Waals surface area (Å²) in [6, 6.07) is 13.1. The lowest BCUT2D eigenvalue weighted by atomic mass is 9.92. The van der Waals surface area contributed by atoms with Crippen molar-refractivity contribution < 1.29 is 27.9 Å². The molecule has 1 saturated heterocycles. The molecule has 6 nitrogen and oxygen atoms in total. The number of amides is 3. The Labute approximate surface area is 153 Å². The highest BCUT2D eigenvalue weighted by Gasteiger charge is 2.49. The molecule has 1 atom stereocenters. The summed E-state index contributed by atoms with van der Waals surface area (Å²) in [6.07, 6.45) is 0. The molecule has 2 aromatic rings. The van der Waals surface area contributed by atoms with Crippen molar-refractivity contribution in [2.45, 2.75) is 19.1 Å². The summed E-state index contributed by atoms with van der Waals surface area (Å²) in [7, 11) is 0. The molecule has 2 aromatic carbocycles. The molecule has 3 rings (SSSR count). The van der Waals surface area contributed by atoms with Gasteiger partial charge in [0.15, 0.2) is 5.78 Å². The van der Waals surface area contributed by atoms with Gasteiger partial charge in [0.1, 0.15) is 11.3 Å². The lowest BCUT2D eigenvalue weighted by Crippen LogP contribution is -2.41. The van der Waals surface area contributed by atoms with E-state index in [0.29, 0.717) is 5.56 Å². The molecule has 0 aromatic heterocycles. The maximum atomic E-state index is 12.8. The van der Waals surface area contributed by atoms with E-state index in [4.69, 9.17) is 0 Å². The Bertz CT molecular complexity index is 871. The zero-order valence-electron chi connectivity index (χ0n) is 14.3. The van der Waals surface area contributed by atoms with Crippen molar-refractivity contribution in [3.05, 3.63) is 65.7 Å². The molecule has 1 aliphatic heterocycles. The van der Waals surface area contributed by atoms with Gasteiger partial charge in [0.2, 0.25) is 0 Å². The summed E-state index contributed by atoms with van der Waals surface area (Å²) in [6.45, 7) is -1.85. The van der Waals surface area contributed by atoms with Crippen LogP contribution < -0.4 is 10.1 Å². The summed E-state index contributed by atoms with van der Waals surface area (Å²) in [5.74, 6) is -1.13. The smallest absolute Gasteiger partial charge is 0.387 e. The van der Waals surface area contributed by atoms with Crippen molar-refractivity contribution in [3.8, 4) is 5.75 Å². The van der Waals surface area contributed by atoms with Gasteiger partial charge in [-0.15, -0.1) is 0 Å². The van der Waals surface area contributed by atoms with Crippen LogP contribution in [0.3, 0.4) is 0 Å². The van der Waals surface area contributed by atoms with E-state index in [0.717, 1.165) is 4.90 Å². The van der Waals surface area contributed by atoms with Crippen LogP contribution in [-0.4, -0.2) is 35.8 Å². The van der Waals surface area contributed by atoms with Crippen LogP contribution in [0.15, 0.2) is 54.6 Å². The van der Waals surface area contributed by atoms with Crippen molar-refractivity contribution in [1.82, 2.24) is 10.2 Å². The van der Waals surface area contributed by atoms with Crippen molar-refractivity contribution in [2.75, 3.05) is 6.54 Å². The van der Waals surface area contributed by atoms with Crippen LogP contribution in [0.25, 0.3) is 0 Å². The van der Waals surface area contributed by atoms with E-state index >= 15 is 0 Å². The normalized spacial score (nSPS) is 19.3. The van der Waals surface area contributed by atoms with Gasteiger partial charge in [-0.25, -0.2) is 4.79 Å². The van der Waals surface area contributed by atoms with Gasteiger partial charge in [-0.2, -0.15) is 8.78 Å². The molecule has 3 amide bonds. The third-order valence-corrected chi connectivity index (χ3v) is 4.33. The Balaban J connectivity index is 1.74. The summed E-state index contributed by atoms with van der Waals surface area (Å²) in [5, 5.41) is 2.62. The molecule has 1 fully saturated rings. The van der Waals surface area contributed by atoms with E-state index in [2.05, 4.69) is 10.1 Å². The average Bonchev–Trinajstić information content (AvgIpc) is 2.86. The van der Waals surface area contributed by atoms with Crippen LogP contribution in [0, 0.1) is 0 Å². The average molecular weight is 374 g/mol. The highest BCUT2D eigenvalue weighted by molar-refractivity contribution is 6.11. The Morgan fingerprint density at radius 3 is 2.33 bits per heavy atom. The molecule has 1 heterocycles. The van der Waals surface area contributed by atoms with Crippen LogP contribution in [0.1, 0.15) is 22.8 Å². The van der Waals surface area contributed by atoms with Gasteiger partial charge in [0.25, 0.3) is 5.91 Å². The number of hydrogen-bond donors (Lipinski definition) is 1. The molecular weight excluding hydrogens is 358 g/mol. The number of rotatable bonds is 6. The fourth-order valence-electron chi connectivity index (χ4n) is 2.86. The summed E-state index contributed by atoms with van der Waals surface area (Å²) in [5.41, 5.74) is -0.481. The molecule has 27 heavy (non-hydrogen) atoms. The van der Waals surface area contributed by atoms with Gasteiger partial charge in [-0.3, -0.25) is 14.5 Å². The Morgan fingerprint density at radius 2 is 1.74 bits per heavy atom. The number of halogens is 2. The number of hydrogen-bond acceptors (Lipinski definition) is 4. The van der Waals surface area contributed by atoms with Gasteiger partial charge < -0.3 is 10.1 Å². The molecule has 0 aliphatic carbocycles. The maximum absolute atomic E-state index is 12.8. The Morgan fingerprint density at radius 1 is 1.11 bits per heavy atom. The standard InChI is InChI=1S/C19H16F2N2O4/c1-19(13-5-3-2-4-6-13)16(25)23(18(26)22-19)11-15(24)12-7-9-14(10-8-12)27-17(20)21/h2-10,17H,11H2,1H3,(H,22,26). The Hall–Kier alpha value is -3.29. The molecular formula is C19H16F2N2O4. The molecule has 0 spiro atoms. The SMILES string of the molecule is CC1(c2ccccc2)NC(=O)N(CC(=O)c2ccc(OC(F)F)cc2)C1=O. The van der Waals surface area contributed by atoms with E-state index < -0.39 is 36.4 Å². The molecule has 1 unspecified atom stereocenters. The van der Waals surface area contributed by atoms with E-state index in [1.807, 2.05) is 0 Å². The van der Waals surface area contributed by atoms with E-state index in [1.54, 1.807) is 37.3 Å². The first-order valence-corrected chi connectivity index (χ1v) is 8.09.